The summed E-state index contributed by atoms with van der Waals surface area (Å²) in [4.78, 5) is 8.39. The summed E-state index contributed by atoms with van der Waals surface area (Å²) in [5, 5.41) is 0.746. The fourth-order valence-corrected chi connectivity index (χ4v) is 3.83. The van der Waals surface area contributed by atoms with Gasteiger partial charge in [0, 0.05) is 23.4 Å². The van der Waals surface area contributed by atoms with E-state index >= 15 is 0 Å². The monoisotopic (exact) mass is 209 g/mol. The van der Waals surface area contributed by atoms with Gasteiger partial charge in [0.1, 0.15) is 0 Å². The molecule has 1 fully saturated rings. The number of anilines is 1. The predicted molar refractivity (Wildman–Crippen MR) is 58.4 cm³/mol. The van der Waals surface area contributed by atoms with Crippen LogP contribution in [0, 0.1) is 0 Å². The van der Waals surface area contributed by atoms with Crippen molar-refractivity contribution in [3.8, 4) is 0 Å². The van der Waals surface area contributed by atoms with Crippen LogP contribution < -0.4 is 5.73 Å². The Morgan fingerprint density at radius 3 is 3.21 bits per heavy atom. The molecular formula is C10H15N3S. The Morgan fingerprint density at radius 2 is 2.36 bits per heavy atom. The average Bonchev–Trinajstić information content (AvgIpc) is 2.47. The van der Waals surface area contributed by atoms with E-state index in [1.807, 2.05) is 0 Å². The van der Waals surface area contributed by atoms with Gasteiger partial charge in [-0.2, -0.15) is 0 Å². The fourth-order valence-electron chi connectivity index (χ4n) is 2.78. The quantitative estimate of drug-likeness (QED) is 0.708. The van der Waals surface area contributed by atoms with E-state index in [9.17, 15) is 0 Å². The van der Waals surface area contributed by atoms with Crippen LogP contribution in [0.4, 0.5) is 5.13 Å². The summed E-state index contributed by atoms with van der Waals surface area (Å²) in [6.07, 6.45) is 5.07. The van der Waals surface area contributed by atoms with Gasteiger partial charge in [-0.25, -0.2) is 4.98 Å². The van der Waals surface area contributed by atoms with Crippen LogP contribution in [0.3, 0.4) is 0 Å². The Labute approximate surface area is 87.9 Å². The normalized spacial score (nSPS) is 31.5. The molecule has 14 heavy (non-hydrogen) atoms. The predicted octanol–water partition coefficient (Wildman–Crippen LogP) is 1.81. The van der Waals surface area contributed by atoms with E-state index in [0.717, 1.165) is 11.6 Å². The third-order valence-corrected chi connectivity index (χ3v) is 4.59. The molecule has 2 unspecified atom stereocenters. The second-order valence-electron chi connectivity index (χ2n) is 4.33. The minimum absolute atomic E-state index is 0.604. The van der Waals surface area contributed by atoms with Crippen molar-refractivity contribution in [2.45, 2.75) is 37.8 Å². The van der Waals surface area contributed by atoms with Crippen molar-refractivity contribution in [3.05, 3.63) is 10.6 Å². The Kier molecular flexibility index (Phi) is 1.82. The Hall–Kier alpha value is -0.610. The van der Waals surface area contributed by atoms with E-state index in [4.69, 9.17) is 5.73 Å². The van der Waals surface area contributed by atoms with Crippen LogP contribution in [0.1, 0.15) is 35.9 Å². The Balaban J connectivity index is 2.07. The van der Waals surface area contributed by atoms with Crippen molar-refractivity contribution in [3.63, 3.8) is 0 Å². The van der Waals surface area contributed by atoms with E-state index in [1.165, 1.54) is 29.8 Å². The molecule has 2 aliphatic rings. The molecule has 2 N–H and O–H groups in total. The third kappa shape index (κ3) is 1.10. The molecule has 0 saturated carbocycles. The molecule has 2 aliphatic heterocycles. The molecule has 1 saturated heterocycles. The van der Waals surface area contributed by atoms with Gasteiger partial charge in [-0.3, -0.25) is 4.90 Å². The van der Waals surface area contributed by atoms with E-state index in [0.29, 0.717) is 12.1 Å². The van der Waals surface area contributed by atoms with Crippen molar-refractivity contribution in [2.75, 3.05) is 12.8 Å². The molecule has 1 aromatic rings. The summed E-state index contributed by atoms with van der Waals surface area (Å²) in [6, 6.07) is 1.31. The van der Waals surface area contributed by atoms with Crippen molar-refractivity contribution in [1.82, 2.24) is 9.88 Å². The lowest BCUT2D eigenvalue weighted by molar-refractivity contribution is 0.102. The van der Waals surface area contributed by atoms with Gasteiger partial charge < -0.3 is 5.73 Å². The molecule has 4 heteroatoms. The molecule has 0 aromatic carbocycles. The molecule has 2 bridgehead atoms. The van der Waals surface area contributed by atoms with E-state index in [2.05, 4.69) is 16.9 Å². The first kappa shape index (κ1) is 8.68. The highest BCUT2D eigenvalue weighted by Gasteiger charge is 2.36. The van der Waals surface area contributed by atoms with Crippen LogP contribution in [0.15, 0.2) is 0 Å². The highest BCUT2D eigenvalue weighted by atomic mass is 32.1. The molecule has 1 aromatic heterocycles. The van der Waals surface area contributed by atoms with Gasteiger partial charge in [0.05, 0.1) is 5.69 Å². The number of fused-ring (bicyclic) bond motifs is 4. The second kappa shape index (κ2) is 2.94. The van der Waals surface area contributed by atoms with Gasteiger partial charge in [-0.05, 0) is 26.3 Å². The Morgan fingerprint density at radius 1 is 1.50 bits per heavy atom. The van der Waals surface area contributed by atoms with Crippen molar-refractivity contribution < 1.29 is 0 Å². The van der Waals surface area contributed by atoms with E-state index in [1.54, 1.807) is 11.3 Å². The molecular weight excluding hydrogens is 194 g/mol. The van der Waals surface area contributed by atoms with Crippen molar-refractivity contribution in [1.29, 1.82) is 0 Å². The van der Waals surface area contributed by atoms with Crippen LogP contribution in [-0.4, -0.2) is 23.0 Å². The van der Waals surface area contributed by atoms with E-state index in [-0.39, 0.29) is 0 Å². The van der Waals surface area contributed by atoms with Crippen molar-refractivity contribution in [2.24, 2.45) is 0 Å². The summed E-state index contributed by atoms with van der Waals surface area (Å²) in [6.45, 7) is 0. The lowest BCUT2D eigenvalue weighted by Crippen LogP contribution is -2.43. The number of nitrogens with two attached hydrogens (primary N) is 1. The Bertz CT molecular complexity index is 360. The number of aromatic nitrogens is 1. The van der Waals surface area contributed by atoms with Crippen LogP contribution in [0.2, 0.25) is 0 Å². The zero-order chi connectivity index (χ0) is 9.71. The number of rotatable bonds is 0. The molecule has 76 valence electrons. The smallest absolute Gasteiger partial charge is 0.180 e. The summed E-state index contributed by atoms with van der Waals surface area (Å²) in [5.41, 5.74) is 7.05. The molecule has 3 nitrogen and oxygen atoms in total. The number of likely N-dealkylation sites (N-methyl/N-ethyl adjacent to an activating group) is 1. The first-order valence-electron chi connectivity index (χ1n) is 5.22. The first-order valence-corrected chi connectivity index (χ1v) is 6.04. The number of piperidine rings is 1. The van der Waals surface area contributed by atoms with Crippen LogP contribution >= 0.6 is 11.3 Å². The summed E-state index contributed by atoms with van der Waals surface area (Å²) >= 11 is 1.69. The molecule has 3 rings (SSSR count). The topological polar surface area (TPSA) is 42.1 Å². The number of thiazole rings is 1. The van der Waals surface area contributed by atoms with Gasteiger partial charge in [-0.15, -0.1) is 11.3 Å². The first-order chi connectivity index (χ1) is 6.75. The number of hydrogen-bond donors (Lipinski definition) is 1. The molecule has 0 amide bonds. The van der Waals surface area contributed by atoms with Gasteiger partial charge >= 0.3 is 0 Å². The van der Waals surface area contributed by atoms with Crippen molar-refractivity contribution >= 4 is 16.5 Å². The fraction of sp³-hybridized carbons (Fsp3) is 0.700. The highest BCUT2D eigenvalue weighted by Crippen LogP contribution is 2.43. The van der Waals surface area contributed by atoms with Gasteiger partial charge in [-0.1, -0.05) is 0 Å². The lowest BCUT2D eigenvalue weighted by atomic mass is 9.87. The highest BCUT2D eigenvalue weighted by molar-refractivity contribution is 7.15. The molecule has 0 spiro atoms. The van der Waals surface area contributed by atoms with E-state index < -0.39 is 0 Å². The molecule has 3 heterocycles. The second-order valence-corrected chi connectivity index (χ2v) is 5.40. The SMILES string of the molecule is CN1C2CCCC1c1sc(N)nc1C2. The van der Waals surface area contributed by atoms with Crippen LogP contribution in [-0.2, 0) is 6.42 Å². The molecule has 2 atom stereocenters. The molecule has 0 radical (unpaired) electrons. The van der Waals surface area contributed by atoms with Crippen LogP contribution in [0.5, 0.6) is 0 Å². The minimum Gasteiger partial charge on any atom is -0.375 e. The minimum atomic E-state index is 0.604. The number of hydrogen-bond acceptors (Lipinski definition) is 4. The summed E-state index contributed by atoms with van der Waals surface area (Å²) in [5.74, 6) is 0. The van der Waals surface area contributed by atoms with Crippen LogP contribution in [0.25, 0.3) is 0 Å². The standard InChI is InChI=1S/C10H15N3S/c1-13-6-3-2-4-8(13)9-7(5-6)12-10(11)14-9/h6,8H,2-5H2,1H3,(H2,11,12). The molecule has 0 aliphatic carbocycles. The lowest BCUT2D eigenvalue weighted by Gasteiger charge is -2.42. The maximum Gasteiger partial charge on any atom is 0.180 e. The third-order valence-electron chi connectivity index (χ3n) is 3.56. The number of nitrogens with zero attached hydrogens (tertiary/aromatic N) is 2. The number of nitrogen functional groups attached to an aromatic ring is 1. The van der Waals surface area contributed by atoms with Gasteiger partial charge in [0.2, 0.25) is 0 Å². The summed E-state index contributed by atoms with van der Waals surface area (Å²) < 4.78 is 0. The summed E-state index contributed by atoms with van der Waals surface area (Å²) in [7, 11) is 2.24. The average molecular weight is 209 g/mol. The van der Waals surface area contributed by atoms with Gasteiger partial charge in [0.15, 0.2) is 5.13 Å². The zero-order valence-electron chi connectivity index (χ0n) is 8.36. The maximum atomic E-state index is 5.78. The maximum absolute atomic E-state index is 5.78. The van der Waals surface area contributed by atoms with Gasteiger partial charge in [0.25, 0.3) is 0 Å². The largest absolute Gasteiger partial charge is 0.375 e. The zero-order valence-corrected chi connectivity index (χ0v) is 9.18.